The molecule has 0 atom stereocenters. The Hall–Kier alpha value is -1.19. The summed E-state index contributed by atoms with van der Waals surface area (Å²) in [6.45, 7) is 4.76. The van der Waals surface area contributed by atoms with Gasteiger partial charge in [-0.15, -0.1) is 0 Å². The van der Waals surface area contributed by atoms with E-state index in [-0.39, 0.29) is 0 Å². The predicted molar refractivity (Wildman–Crippen MR) is 72.5 cm³/mol. The molecule has 1 aromatic heterocycles. The highest BCUT2D eigenvalue weighted by molar-refractivity contribution is 6.42. The van der Waals surface area contributed by atoms with E-state index < -0.39 is 0 Å². The van der Waals surface area contributed by atoms with Gasteiger partial charge >= 0.3 is 0 Å². The minimum Gasteiger partial charge on any atom is -0.383 e. The van der Waals surface area contributed by atoms with Crippen molar-refractivity contribution in [3.63, 3.8) is 0 Å². The number of aromatic nitrogens is 2. The van der Waals surface area contributed by atoms with Crippen LogP contribution >= 0.6 is 23.2 Å². The number of nitrogen functional groups attached to an aromatic ring is 1. The van der Waals surface area contributed by atoms with Gasteiger partial charge in [0.25, 0.3) is 0 Å². The van der Waals surface area contributed by atoms with Crippen LogP contribution in [0.3, 0.4) is 0 Å². The van der Waals surface area contributed by atoms with Crippen LogP contribution in [0.4, 0.5) is 5.82 Å². The monoisotopic (exact) mass is 269 g/mol. The maximum absolute atomic E-state index is 6.06. The number of rotatable bonds is 2. The van der Waals surface area contributed by atoms with Crippen LogP contribution in [-0.4, -0.2) is 9.55 Å². The van der Waals surface area contributed by atoms with Gasteiger partial charge in [0.1, 0.15) is 17.3 Å². The normalized spacial score (nSPS) is 10.8. The van der Waals surface area contributed by atoms with Gasteiger partial charge in [-0.2, -0.15) is 0 Å². The van der Waals surface area contributed by atoms with E-state index in [4.69, 9.17) is 28.9 Å². The van der Waals surface area contributed by atoms with Crippen LogP contribution in [0, 0.1) is 6.92 Å². The summed E-state index contributed by atoms with van der Waals surface area (Å²) >= 11 is 11.9. The fourth-order valence-electron chi connectivity index (χ4n) is 1.84. The standard InChI is InChI=1S/C12H13Cl2N3/c1-3-17-7(2)16-11(12(17)15)8-4-5-9(13)10(14)6-8/h4-6H,3,15H2,1-2H3. The molecule has 17 heavy (non-hydrogen) atoms. The largest absolute Gasteiger partial charge is 0.383 e. The molecule has 0 radical (unpaired) electrons. The number of halogens is 2. The summed E-state index contributed by atoms with van der Waals surface area (Å²) in [6, 6.07) is 5.40. The van der Waals surface area contributed by atoms with E-state index in [1.807, 2.05) is 24.5 Å². The Balaban J connectivity index is 2.57. The molecule has 0 bridgehead atoms. The molecule has 0 fully saturated rings. The number of anilines is 1. The fourth-order valence-corrected chi connectivity index (χ4v) is 2.13. The Morgan fingerprint density at radius 3 is 2.53 bits per heavy atom. The van der Waals surface area contributed by atoms with Crippen LogP contribution in [0.15, 0.2) is 18.2 Å². The van der Waals surface area contributed by atoms with Crippen molar-refractivity contribution in [1.29, 1.82) is 0 Å². The van der Waals surface area contributed by atoms with Crippen LogP contribution in [-0.2, 0) is 6.54 Å². The van der Waals surface area contributed by atoms with Gasteiger partial charge in [-0.05, 0) is 26.0 Å². The molecule has 0 saturated heterocycles. The number of benzene rings is 1. The minimum absolute atomic E-state index is 0.507. The number of aryl methyl sites for hydroxylation is 1. The number of nitrogens with zero attached hydrogens (tertiary/aromatic N) is 2. The van der Waals surface area contributed by atoms with Gasteiger partial charge in [0.2, 0.25) is 0 Å². The van der Waals surface area contributed by atoms with Gasteiger partial charge in [-0.25, -0.2) is 4.98 Å². The first-order valence-electron chi connectivity index (χ1n) is 5.32. The third-order valence-corrected chi connectivity index (χ3v) is 3.45. The summed E-state index contributed by atoms with van der Waals surface area (Å²) in [5, 5.41) is 1.04. The first kappa shape index (κ1) is 12.3. The Kier molecular flexibility index (Phi) is 3.31. The van der Waals surface area contributed by atoms with E-state index in [2.05, 4.69) is 4.98 Å². The van der Waals surface area contributed by atoms with Crippen molar-refractivity contribution in [2.75, 3.05) is 5.73 Å². The van der Waals surface area contributed by atoms with Gasteiger partial charge in [0.05, 0.1) is 10.0 Å². The molecule has 0 unspecified atom stereocenters. The SMILES string of the molecule is CCn1c(C)nc(-c2ccc(Cl)c(Cl)c2)c1N. The maximum atomic E-state index is 6.06. The molecular formula is C12H13Cl2N3. The minimum atomic E-state index is 0.507. The second-order valence-corrected chi connectivity index (χ2v) is 4.58. The smallest absolute Gasteiger partial charge is 0.131 e. The van der Waals surface area contributed by atoms with Crippen LogP contribution in [0.2, 0.25) is 10.0 Å². The molecule has 0 saturated carbocycles. The Morgan fingerprint density at radius 2 is 2.00 bits per heavy atom. The highest BCUT2D eigenvalue weighted by atomic mass is 35.5. The molecule has 0 amide bonds. The van der Waals surface area contributed by atoms with Crippen LogP contribution in [0.25, 0.3) is 11.3 Å². The average Bonchev–Trinajstić information content (AvgIpc) is 2.58. The molecule has 1 heterocycles. The van der Waals surface area contributed by atoms with E-state index in [9.17, 15) is 0 Å². The van der Waals surface area contributed by atoms with Gasteiger partial charge < -0.3 is 10.3 Å². The van der Waals surface area contributed by atoms with Crippen molar-refractivity contribution in [2.45, 2.75) is 20.4 Å². The molecule has 0 aliphatic rings. The van der Waals surface area contributed by atoms with E-state index in [0.717, 1.165) is 23.6 Å². The lowest BCUT2D eigenvalue weighted by Crippen LogP contribution is -2.02. The number of imidazole rings is 1. The summed E-state index contributed by atoms with van der Waals surface area (Å²) in [6.07, 6.45) is 0. The molecule has 1 aromatic carbocycles. The first-order chi connectivity index (χ1) is 8.04. The molecule has 90 valence electrons. The summed E-state index contributed by atoms with van der Waals surface area (Å²) in [7, 11) is 0. The molecule has 3 nitrogen and oxygen atoms in total. The molecule has 5 heteroatoms. The summed E-state index contributed by atoms with van der Waals surface area (Å²) in [4.78, 5) is 4.46. The number of hydrogen-bond donors (Lipinski definition) is 1. The van der Waals surface area contributed by atoms with Gasteiger partial charge in [-0.1, -0.05) is 29.3 Å². The molecule has 0 aliphatic carbocycles. The van der Waals surface area contributed by atoms with Crippen molar-refractivity contribution < 1.29 is 0 Å². The lowest BCUT2D eigenvalue weighted by atomic mass is 10.1. The predicted octanol–water partition coefficient (Wildman–Crippen LogP) is 3.77. The van der Waals surface area contributed by atoms with Gasteiger partial charge in [0.15, 0.2) is 0 Å². The van der Waals surface area contributed by atoms with E-state index in [1.54, 1.807) is 12.1 Å². The quantitative estimate of drug-likeness (QED) is 0.902. The van der Waals surface area contributed by atoms with Crippen LogP contribution in [0.1, 0.15) is 12.7 Å². The summed E-state index contributed by atoms with van der Waals surface area (Å²) in [5.74, 6) is 1.55. The van der Waals surface area contributed by atoms with Gasteiger partial charge in [0, 0.05) is 12.1 Å². The van der Waals surface area contributed by atoms with Gasteiger partial charge in [-0.3, -0.25) is 0 Å². The van der Waals surface area contributed by atoms with Crippen molar-refractivity contribution >= 4 is 29.0 Å². The maximum Gasteiger partial charge on any atom is 0.131 e. The zero-order valence-electron chi connectivity index (χ0n) is 9.67. The molecule has 0 aliphatic heterocycles. The topological polar surface area (TPSA) is 43.8 Å². The lowest BCUT2D eigenvalue weighted by Gasteiger charge is -2.04. The van der Waals surface area contributed by atoms with E-state index in [1.165, 1.54) is 0 Å². The van der Waals surface area contributed by atoms with Crippen molar-refractivity contribution in [3.8, 4) is 11.3 Å². The Labute approximate surface area is 110 Å². The second kappa shape index (κ2) is 4.59. The molecular weight excluding hydrogens is 257 g/mol. The molecule has 2 aromatic rings. The summed E-state index contributed by atoms with van der Waals surface area (Å²) < 4.78 is 1.96. The summed E-state index contributed by atoms with van der Waals surface area (Å²) in [5.41, 5.74) is 7.69. The Bertz CT molecular complexity index is 561. The van der Waals surface area contributed by atoms with E-state index >= 15 is 0 Å². The molecule has 2 rings (SSSR count). The highest BCUT2D eigenvalue weighted by Gasteiger charge is 2.13. The van der Waals surface area contributed by atoms with Crippen molar-refractivity contribution in [2.24, 2.45) is 0 Å². The Morgan fingerprint density at radius 1 is 1.29 bits per heavy atom. The third kappa shape index (κ3) is 2.13. The first-order valence-corrected chi connectivity index (χ1v) is 6.08. The van der Waals surface area contributed by atoms with E-state index in [0.29, 0.717) is 15.9 Å². The van der Waals surface area contributed by atoms with Crippen molar-refractivity contribution in [3.05, 3.63) is 34.1 Å². The van der Waals surface area contributed by atoms with Crippen LogP contribution < -0.4 is 5.73 Å². The van der Waals surface area contributed by atoms with Crippen molar-refractivity contribution in [1.82, 2.24) is 9.55 Å². The third-order valence-electron chi connectivity index (χ3n) is 2.71. The second-order valence-electron chi connectivity index (χ2n) is 3.77. The molecule has 2 N–H and O–H groups in total. The highest BCUT2D eigenvalue weighted by Crippen LogP contribution is 2.31. The average molecular weight is 270 g/mol. The number of nitrogens with two attached hydrogens (primary N) is 1. The zero-order valence-corrected chi connectivity index (χ0v) is 11.2. The van der Waals surface area contributed by atoms with Crippen LogP contribution in [0.5, 0.6) is 0 Å². The fraction of sp³-hybridized carbons (Fsp3) is 0.250. The molecule has 0 spiro atoms. The zero-order chi connectivity index (χ0) is 12.6. The number of hydrogen-bond acceptors (Lipinski definition) is 2. The lowest BCUT2D eigenvalue weighted by molar-refractivity contribution is 0.739.